The molecule has 0 saturated carbocycles. The molecular weight excluding hydrogens is 302 g/mol. The Morgan fingerprint density at radius 1 is 1.05 bits per heavy atom. The molecule has 0 aliphatic carbocycles. The minimum atomic E-state index is -0.282. The molecule has 19 heavy (non-hydrogen) atoms. The lowest BCUT2D eigenvalue weighted by Crippen LogP contribution is -2.31. The number of nitrogens with two attached hydrogens (primary N) is 1. The van der Waals surface area contributed by atoms with Gasteiger partial charge in [-0.25, -0.2) is 0 Å². The van der Waals surface area contributed by atoms with Crippen LogP contribution >= 0.6 is 15.9 Å². The summed E-state index contributed by atoms with van der Waals surface area (Å²) in [5, 5.41) is 3.25. The van der Waals surface area contributed by atoms with Gasteiger partial charge < -0.3 is 5.73 Å². The molecule has 0 fully saturated rings. The second kappa shape index (κ2) is 6.61. The van der Waals surface area contributed by atoms with Crippen molar-refractivity contribution in [1.29, 1.82) is 0 Å². The molecule has 4 heteroatoms. The van der Waals surface area contributed by atoms with Crippen molar-refractivity contribution < 1.29 is 0 Å². The fraction of sp³-hybridized carbons (Fsp3) is 0.133. The number of benzene rings is 2. The van der Waals surface area contributed by atoms with Gasteiger partial charge in [-0.2, -0.15) is 0 Å². The van der Waals surface area contributed by atoms with Gasteiger partial charge in [-0.1, -0.05) is 58.4 Å². The minimum absolute atomic E-state index is 0.229. The zero-order valence-corrected chi connectivity index (χ0v) is 12.0. The van der Waals surface area contributed by atoms with Gasteiger partial charge >= 0.3 is 0 Å². The van der Waals surface area contributed by atoms with Gasteiger partial charge in [-0.3, -0.25) is 10.3 Å². The fourth-order valence-electron chi connectivity index (χ4n) is 1.86. The summed E-state index contributed by atoms with van der Waals surface area (Å²) in [7, 11) is 0. The Morgan fingerprint density at radius 2 is 1.74 bits per heavy atom. The van der Waals surface area contributed by atoms with Crippen LogP contribution in [0, 0.1) is 0 Å². The second-order valence-corrected chi connectivity index (χ2v) is 5.11. The van der Waals surface area contributed by atoms with E-state index in [1.807, 2.05) is 54.6 Å². The lowest BCUT2D eigenvalue weighted by atomic mass is 10.1. The van der Waals surface area contributed by atoms with Crippen molar-refractivity contribution in [3.05, 3.63) is 70.2 Å². The van der Waals surface area contributed by atoms with Crippen LogP contribution in [0.2, 0.25) is 0 Å². The topological polar surface area (TPSA) is 50.4 Å². The summed E-state index contributed by atoms with van der Waals surface area (Å²) in [5.74, 6) is 0. The first-order valence-electron chi connectivity index (χ1n) is 5.98. The predicted octanol–water partition coefficient (Wildman–Crippen LogP) is 3.40. The van der Waals surface area contributed by atoms with Gasteiger partial charge in [-0.05, 0) is 30.0 Å². The van der Waals surface area contributed by atoms with E-state index in [1.54, 1.807) is 0 Å². The summed E-state index contributed by atoms with van der Waals surface area (Å²) in [6, 6.07) is 17.8. The summed E-state index contributed by atoms with van der Waals surface area (Å²) in [4.78, 5) is 4.10. The van der Waals surface area contributed by atoms with Gasteiger partial charge in [0.2, 0.25) is 0 Å². The Morgan fingerprint density at radius 3 is 2.37 bits per heavy atom. The molecule has 0 bridgehead atoms. The van der Waals surface area contributed by atoms with Gasteiger partial charge in [0, 0.05) is 4.47 Å². The molecule has 0 aliphatic rings. The normalized spacial score (nSPS) is 13.8. The van der Waals surface area contributed by atoms with Crippen molar-refractivity contribution in [2.75, 3.05) is 0 Å². The number of aliphatic imine (C=N–C) groups is 1. The summed E-state index contributed by atoms with van der Waals surface area (Å²) in [6.07, 6.45) is -0.511. The highest BCUT2D eigenvalue weighted by Crippen LogP contribution is 2.21. The highest BCUT2D eigenvalue weighted by molar-refractivity contribution is 9.10. The molecule has 2 unspecified atom stereocenters. The molecule has 3 nitrogen and oxygen atoms in total. The first kappa shape index (κ1) is 13.9. The van der Waals surface area contributed by atoms with Crippen LogP contribution in [-0.2, 0) is 0 Å². The summed E-state index contributed by atoms with van der Waals surface area (Å²) in [6.45, 7) is 3.63. The van der Waals surface area contributed by atoms with Crippen LogP contribution in [0.3, 0.4) is 0 Å². The highest BCUT2D eigenvalue weighted by Gasteiger charge is 2.13. The van der Waals surface area contributed by atoms with Crippen molar-refractivity contribution in [3.63, 3.8) is 0 Å². The number of hydrogen-bond acceptors (Lipinski definition) is 3. The molecule has 0 heterocycles. The zero-order chi connectivity index (χ0) is 13.7. The van der Waals surface area contributed by atoms with E-state index in [4.69, 9.17) is 5.73 Å². The molecule has 0 aromatic heterocycles. The minimum Gasteiger partial charge on any atom is -0.312 e. The number of rotatable bonds is 5. The van der Waals surface area contributed by atoms with Crippen LogP contribution in [0.25, 0.3) is 0 Å². The van der Waals surface area contributed by atoms with Crippen LogP contribution in [0.1, 0.15) is 23.5 Å². The van der Waals surface area contributed by atoms with Gasteiger partial charge in [-0.15, -0.1) is 0 Å². The SMILES string of the molecule is C=NC(NC(N)c1ccccc1)c1cccc(Br)c1. The average Bonchev–Trinajstić information content (AvgIpc) is 2.45. The lowest BCUT2D eigenvalue weighted by Gasteiger charge is -2.20. The monoisotopic (exact) mass is 317 g/mol. The van der Waals surface area contributed by atoms with E-state index in [0.717, 1.165) is 15.6 Å². The molecule has 2 aromatic rings. The van der Waals surface area contributed by atoms with Crippen molar-refractivity contribution in [3.8, 4) is 0 Å². The fourth-order valence-corrected chi connectivity index (χ4v) is 2.27. The number of nitrogens with zero attached hydrogens (tertiary/aromatic N) is 1. The molecule has 2 aromatic carbocycles. The van der Waals surface area contributed by atoms with Crippen LogP contribution in [-0.4, -0.2) is 6.72 Å². The standard InChI is InChI=1S/C15H16BrN3/c1-18-15(12-8-5-9-13(16)10-12)19-14(17)11-6-3-2-4-7-11/h2-10,14-15,19H,1,17H2. The molecule has 98 valence electrons. The Labute approximate surface area is 121 Å². The number of hydrogen-bond donors (Lipinski definition) is 2. The Hall–Kier alpha value is -1.49. The van der Waals surface area contributed by atoms with E-state index >= 15 is 0 Å². The van der Waals surface area contributed by atoms with Crippen LogP contribution in [0.5, 0.6) is 0 Å². The van der Waals surface area contributed by atoms with Crippen LogP contribution in [0.15, 0.2) is 64.1 Å². The molecule has 2 rings (SSSR count). The third-order valence-corrected chi connectivity index (χ3v) is 3.34. The van der Waals surface area contributed by atoms with Crippen molar-refractivity contribution in [2.24, 2.45) is 10.7 Å². The first-order valence-corrected chi connectivity index (χ1v) is 6.78. The van der Waals surface area contributed by atoms with Crippen LogP contribution in [0.4, 0.5) is 0 Å². The van der Waals surface area contributed by atoms with Crippen molar-refractivity contribution >= 4 is 22.6 Å². The van der Waals surface area contributed by atoms with Crippen LogP contribution < -0.4 is 11.1 Å². The Balaban J connectivity index is 2.14. The summed E-state index contributed by atoms with van der Waals surface area (Å²) >= 11 is 3.45. The van der Waals surface area contributed by atoms with E-state index in [2.05, 4.69) is 33.0 Å². The van der Waals surface area contributed by atoms with E-state index in [0.29, 0.717) is 0 Å². The van der Waals surface area contributed by atoms with E-state index in [9.17, 15) is 0 Å². The molecule has 3 N–H and O–H groups in total. The zero-order valence-electron chi connectivity index (χ0n) is 10.5. The maximum absolute atomic E-state index is 6.14. The van der Waals surface area contributed by atoms with E-state index in [-0.39, 0.29) is 12.3 Å². The Bertz CT molecular complexity index is 542. The summed E-state index contributed by atoms with van der Waals surface area (Å²) < 4.78 is 1.01. The lowest BCUT2D eigenvalue weighted by molar-refractivity contribution is 0.467. The molecule has 0 aliphatic heterocycles. The molecule has 0 amide bonds. The third kappa shape index (κ3) is 3.73. The second-order valence-electron chi connectivity index (χ2n) is 4.20. The van der Waals surface area contributed by atoms with Gasteiger partial charge in [0.1, 0.15) is 6.17 Å². The Kier molecular flexibility index (Phi) is 4.85. The molecule has 0 radical (unpaired) electrons. The van der Waals surface area contributed by atoms with Gasteiger partial charge in [0.25, 0.3) is 0 Å². The van der Waals surface area contributed by atoms with Crippen molar-refractivity contribution in [1.82, 2.24) is 5.32 Å². The van der Waals surface area contributed by atoms with Crippen molar-refractivity contribution in [2.45, 2.75) is 12.3 Å². The smallest absolute Gasteiger partial charge is 0.126 e. The third-order valence-electron chi connectivity index (χ3n) is 2.84. The molecule has 0 saturated heterocycles. The average molecular weight is 318 g/mol. The van der Waals surface area contributed by atoms with E-state index in [1.165, 1.54) is 0 Å². The quantitative estimate of drug-likeness (QED) is 0.656. The maximum atomic E-state index is 6.14. The van der Waals surface area contributed by atoms with Gasteiger partial charge in [0.05, 0.1) is 6.17 Å². The summed E-state index contributed by atoms with van der Waals surface area (Å²) in [5.41, 5.74) is 8.18. The largest absolute Gasteiger partial charge is 0.312 e. The number of nitrogens with one attached hydrogen (secondary N) is 1. The van der Waals surface area contributed by atoms with Gasteiger partial charge in [0.15, 0.2) is 0 Å². The maximum Gasteiger partial charge on any atom is 0.126 e. The highest BCUT2D eigenvalue weighted by atomic mass is 79.9. The van der Waals surface area contributed by atoms with E-state index < -0.39 is 0 Å². The number of halogens is 1. The molecule has 2 atom stereocenters. The molecule has 0 spiro atoms. The predicted molar refractivity (Wildman–Crippen MR) is 82.9 cm³/mol. The molecular formula is C15H16BrN3. The first-order chi connectivity index (χ1) is 9.20.